The first kappa shape index (κ1) is 11.3. The smallest absolute Gasteiger partial charge is 0.160 e. The molecule has 0 amide bonds. The molecule has 0 nitrogen and oxygen atoms in total. The second-order valence-corrected chi connectivity index (χ2v) is 5.54. The first-order chi connectivity index (χ1) is 6.37. The fraction of sp³-hybridized carbons (Fsp3) is 0.250. The third-order valence-electron chi connectivity index (χ3n) is 1.80. The normalized spacial score (nSPS) is 11.1. The number of hydrogen-bond acceptors (Lipinski definition) is 0. The highest BCUT2D eigenvalue weighted by atomic mass is 28.3. The maximum Gasteiger partial charge on any atom is 0.160 e. The van der Waals surface area contributed by atoms with E-state index in [4.69, 9.17) is 7.85 Å². The summed E-state index contributed by atoms with van der Waals surface area (Å²) in [5.74, 6) is -5.77. The molecule has 6 heteroatoms. The van der Waals surface area contributed by atoms with Gasteiger partial charge in [-0.25, -0.2) is 17.6 Å². The fourth-order valence-corrected chi connectivity index (χ4v) is 2.19. The molecule has 73 valence electrons. The van der Waals surface area contributed by atoms with Crippen LogP contribution in [0.1, 0.15) is 0 Å². The van der Waals surface area contributed by atoms with Crippen molar-refractivity contribution in [3.8, 4) is 0 Å². The topological polar surface area (TPSA) is 0 Å². The van der Waals surface area contributed by atoms with Crippen LogP contribution in [0.25, 0.3) is 0 Å². The van der Waals surface area contributed by atoms with Gasteiger partial charge in [0.1, 0.15) is 7.85 Å². The average molecular weight is 217 g/mol. The molecule has 0 aromatic heterocycles. The Kier molecular flexibility index (Phi) is 3.04. The van der Waals surface area contributed by atoms with Crippen LogP contribution in [0.4, 0.5) is 17.6 Å². The number of benzene rings is 1. The van der Waals surface area contributed by atoms with E-state index in [1.54, 1.807) is 0 Å². The molecule has 0 unspecified atom stereocenters. The number of halogens is 4. The van der Waals surface area contributed by atoms with Gasteiger partial charge in [-0.1, -0.05) is 13.1 Å². The van der Waals surface area contributed by atoms with Gasteiger partial charge in [0, 0.05) is 5.19 Å². The van der Waals surface area contributed by atoms with Gasteiger partial charge in [0.2, 0.25) is 0 Å². The summed E-state index contributed by atoms with van der Waals surface area (Å²) in [6.45, 7) is 3.06. The molecule has 0 aliphatic carbocycles. The van der Waals surface area contributed by atoms with Gasteiger partial charge >= 0.3 is 0 Å². The molecule has 0 fully saturated rings. The number of hydrogen-bond donors (Lipinski definition) is 0. The van der Waals surface area contributed by atoms with E-state index < -0.39 is 42.7 Å². The van der Waals surface area contributed by atoms with Gasteiger partial charge in [-0.05, 0) is 5.46 Å². The predicted molar refractivity (Wildman–Crippen MR) is 48.8 cm³/mol. The highest BCUT2D eigenvalue weighted by molar-refractivity contribution is 6.71. The number of rotatable bonds is 1. The Balaban J connectivity index is 3.60. The minimum absolute atomic E-state index is 0.515. The summed E-state index contributed by atoms with van der Waals surface area (Å²) < 4.78 is 52.0. The Morgan fingerprint density at radius 2 is 1.21 bits per heavy atom. The summed E-state index contributed by atoms with van der Waals surface area (Å²) in [4.78, 5) is 0. The highest BCUT2D eigenvalue weighted by Gasteiger charge is 2.24. The van der Waals surface area contributed by atoms with E-state index in [0.29, 0.717) is 0 Å². The second kappa shape index (κ2) is 3.76. The predicted octanol–water partition coefficient (Wildman–Crippen LogP) is 0.998. The zero-order chi connectivity index (χ0) is 11.0. The molecule has 0 N–H and O–H groups in total. The van der Waals surface area contributed by atoms with Crippen molar-refractivity contribution in [1.82, 2.24) is 0 Å². The molecule has 0 aliphatic rings. The molecule has 0 atom stereocenters. The lowest BCUT2D eigenvalue weighted by Crippen LogP contribution is -2.37. The Hall–Kier alpha value is -0.778. The highest BCUT2D eigenvalue weighted by Crippen LogP contribution is 2.08. The molecule has 14 heavy (non-hydrogen) atoms. The van der Waals surface area contributed by atoms with Crippen LogP contribution >= 0.6 is 0 Å². The van der Waals surface area contributed by atoms with Crippen molar-refractivity contribution < 1.29 is 17.6 Å². The molecule has 0 saturated carbocycles. The zero-order valence-corrected chi connectivity index (χ0v) is 8.59. The molecule has 0 spiro atoms. The van der Waals surface area contributed by atoms with Crippen molar-refractivity contribution in [3.05, 3.63) is 23.3 Å². The van der Waals surface area contributed by atoms with Gasteiger partial charge < -0.3 is 0 Å². The first-order valence-corrected chi connectivity index (χ1v) is 6.29. The van der Waals surface area contributed by atoms with Crippen molar-refractivity contribution in [1.29, 1.82) is 0 Å². The van der Waals surface area contributed by atoms with E-state index in [-0.39, 0.29) is 0 Å². The van der Waals surface area contributed by atoms with Crippen molar-refractivity contribution in [3.63, 3.8) is 0 Å². The Bertz CT molecular complexity index is 349. The molecule has 0 heterocycles. The van der Waals surface area contributed by atoms with Crippen LogP contribution in [0.3, 0.4) is 0 Å². The molecule has 0 saturated heterocycles. The molecule has 0 bridgehead atoms. The van der Waals surface area contributed by atoms with Gasteiger partial charge in [-0.2, -0.15) is 0 Å². The second-order valence-electron chi connectivity index (χ2n) is 3.04. The average Bonchev–Trinajstić information content (AvgIpc) is 2.11. The lowest BCUT2D eigenvalue weighted by Gasteiger charge is -2.11. The maximum atomic E-state index is 13.1. The van der Waals surface area contributed by atoms with Gasteiger partial charge in [-0.3, -0.25) is 0 Å². The van der Waals surface area contributed by atoms with E-state index in [0.717, 1.165) is 0 Å². The van der Waals surface area contributed by atoms with Crippen LogP contribution in [-0.4, -0.2) is 16.6 Å². The molecule has 1 aromatic rings. The van der Waals surface area contributed by atoms with E-state index in [2.05, 4.69) is 0 Å². The summed E-state index contributed by atoms with van der Waals surface area (Å²) >= 11 is 0. The van der Waals surface area contributed by atoms with Crippen LogP contribution < -0.4 is 10.6 Å². The van der Waals surface area contributed by atoms with E-state index in [1.165, 1.54) is 13.1 Å². The zero-order valence-electron chi connectivity index (χ0n) is 7.59. The standard InChI is InChI=1S/C8H6BF4Si/c1-14(2)8-6(12)4(10)3(9)5(11)7(8)13/h1-2H3. The van der Waals surface area contributed by atoms with Crippen molar-refractivity contribution >= 4 is 27.3 Å². The van der Waals surface area contributed by atoms with Crippen LogP contribution in [-0.2, 0) is 0 Å². The van der Waals surface area contributed by atoms with E-state index in [9.17, 15) is 17.6 Å². The summed E-state index contributed by atoms with van der Waals surface area (Å²) in [6, 6.07) is 0. The van der Waals surface area contributed by atoms with Crippen molar-refractivity contribution in [2.24, 2.45) is 0 Å². The van der Waals surface area contributed by atoms with Crippen LogP contribution in [0, 0.1) is 23.3 Å². The van der Waals surface area contributed by atoms with Crippen molar-refractivity contribution in [2.45, 2.75) is 13.1 Å². The SMILES string of the molecule is [B]c1c(F)c(F)c([Si](C)C)c(F)c1F. The minimum Gasteiger partial charge on any atom is -0.204 e. The third-order valence-corrected chi connectivity index (χ3v) is 3.24. The van der Waals surface area contributed by atoms with Gasteiger partial charge in [0.05, 0.1) is 8.80 Å². The summed E-state index contributed by atoms with van der Waals surface area (Å²) in [5, 5.41) is -0.515. The molecular formula is C8H6BF4Si. The molecule has 1 aromatic carbocycles. The van der Waals surface area contributed by atoms with Gasteiger partial charge in [0.25, 0.3) is 0 Å². The lowest BCUT2D eigenvalue weighted by molar-refractivity contribution is 0.472. The van der Waals surface area contributed by atoms with Gasteiger partial charge in [-0.15, -0.1) is 0 Å². The molecule has 0 aliphatic heterocycles. The summed E-state index contributed by atoms with van der Waals surface area (Å²) in [5.41, 5.74) is -1.10. The quantitative estimate of drug-likeness (QED) is 0.374. The Labute approximate surface area is 82.0 Å². The third kappa shape index (κ3) is 1.58. The monoisotopic (exact) mass is 217 g/mol. The first-order valence-electron chi connectivity index (χ1n) is 3.79. The van der Waals surface area contributed by atoms with Crippen LogP contribution in [0.15, 0.2) is 0 Å². The maximum absolute atomic E-state index is 13.1. The molecular weight excluding hydrogens is 211 g/mol. The van der Waals surface area contributed by atoms with Crippen molar-refractivity contribution in [2.75, 3.05) is 0 Å². The fourth-order valence-electron chi connectivity index (χ4n) is 1.09. The van der Waals surface area contributed by atoms with E-state index >= 15 is 0 Å². The summed E-state index contributed by atoms with van der Waals surface area (Å²) in [6.07, 6.45) is 0. The largest absolute Gasteiger partial charge is 0.204 e. The molecule has 3 radical (unpaired) electrons. The Morgan fingerprint density at radius 1 is 0.857 bits per heavy atom. The minimum atomic E-state index is -1.62. The van der Waals surface area contributed by atoms with E-state index in [1.807, 2.05) is 0 Å². The van der Waals surface area contributed by atoms with Gasteiger partial charge in [0.15, 0.2) is 23.3 Å². The van der Waals surface area contributed by atoms with Crippen LogP contribution in [0.2, 0.25) is 13.1 Å². The Morgan fingerprint density at radius 3 is 1.50 bits per heavy atom. The van der Waals surface area contributed by atoms with Crippen LogP contribution in [0.5, 0.6) is 0 Å². The lowest BCUT2D eigenvalue weighted by atomic mass is 9.94. The summed E-state index contributed by atoms with van der Waals surface area (Å²) in [7, 11) is 3.22. The molecule has 1 rings (SSSR count).